The van der Waals surface area contributed by atoms with E-state index in [0.717, 1.165) is 21.3 Å². The van der Waals surface area contributed by atoms with Gasteiger partial charge in [0.15, 0.2) is 0 Å². The highest BCUT2D eigenvalue weighted by Gasteiger charge is 2.11. The first-order chi connectivity index (χ1) is 8.61. The second-order valence-electron chi connectivity index (χ2n) is 3.85. The molecule has 0 amide bonds. The molecule has 0 aliphatic carbocycles. The van der Waals surface area contributed by atoms with Gasteiger partial charge in [0.2, 0.25) is 0 Å². The number of halogens is 2. The molecule has 0 aliphatic heterocycles. The Morgan fingerprint density at radius 3 is 2.28 bits per heavy atom. The van der Waals surface area contributed by atoms with Crippen molar-refractivity contribution in [2.45, 2.75) is 6.10 Å². The second kappa shape index (κ2) is 5.74. The van der Waals surface area contributed by atoms with Crippen LogP contribution in [0.3, 0.4) is 0 Å². The van der Waals surface area contributed by atoms with Gasteiger partial charge in [-0.15, -0.1) is 0 Å². The molecule has 94 valence electrons. The highest BCUT2D eigenvalue weighted by molar-refractivity contribution is 9.10. The van der Waals surface area contributed by atoms with Crippen LogP contribution in [0.5, 0.6) is 5.75 Å². The van der Waals surface area contributed by atoms with Gasteiger partial charge in [0.1, 0.15) is 11.9 Å². The highest BCUT2D eigenvalue weighted by Crippen LogP contribution is 2.29. The Kier molecular flexibility index (Phi) is 4.27. The molecular weight excluding hydrogens is 316 g/mol. The Morgan fingerprint density at radius 1 is 1.11 bits per heavy atom. The third-order valence-electron chi connectivity index (χ3n) is 2.69. The summed E-state index contributed by atoms with van der Waals surface area (Å²) in [5.74, 6) is 0.764. The van der Waals surface area contributed by atoms with Gasteiger partial charge >= 0.3 is 0 Å². The third-order valence-corrected chi connectivity index (χ3v) is 3.92. The largest absolute Gasteiger partial charge is 0.497 e. The van der Waals surface area contributed by atoms with Gasteiger partial charge in [-0.05, 0) is 51.3 Å². The van der Waals surface area contributed by atoms with Crippen LogP contribution in [0, 0.1) is 0 Å². The number of rotatable bonds is 3. The smallest absolute Gasteiger partial charge is 0.118 e. The zero-order valence-electron chi connectivity index (χ0n) is 9.73. The van der Waals surface area contributed by atoms with Gasteiger partial charge in [0.25, 0.3) is 0 Å². The number of hydrogen-bond donors (Lipinski definition) is 1. The highest BCUT2D eigenvalue weighted by atomic mass is 79.9. The Labute approximate surface area is 119 Å². The summed E-state index contributed by atoms with van der Waals surface area (Å²) < 4.78 is 5.90. The van der Waals surface area contributed by atoms with Crippen molar-refractivity contribution < 1.29 is 9.84 Å². The molecule has 2 rings (SSSR count). The van der Waals surface area contributed by atoms with Crippen LogP contribution in [0.2, 0.25) is 5.02 Å². The van der Waals surface area contributed by atoms with Crippen molar-refractivity contribution in [2.24, 2.45) is 0 Å². The van der Waals surface area contributed by atoms with Crippen molar-refractivity contribution in [3.63, 3.8) is 0 Å². The van der Waals surface area contributed by atoms with Crippen molar-refractivity contribution in [1.82, 2.24) is 0 Å². The van der Waals surface area contributed by atoms with Crippen molar-refractivity contribution in [3.8, 4) is 5.75 Å². The molecule has 18 heavy (non-hydrogen) atoms. The molecule has 0 heterocycles. The molecular formula is C14H12BrClO2. The van der Waals surface area contributed by atoms with Crippen LogP contribution in [0.25, 0.3) is 0 Å². The molecule has 0 fully saturated rings. The maximum Gasteiger partial charge on any atom is 0.118 e. The van der Waals surface area contributed by atoms with Gasteiger partial charge in [-0.1, -0.05) is 29.8 Å². The fourth-order valence-electron chi connectivity index (χ4n) is 1.66. The zero-order valence-corrected chi connectivity index (χ0v) is 12.1. The minimum atomic E-state index is -0.693. The minimum Gasteiger partial charge on any atom is -0.497 e. The van der Waals surface area contributed by atoms with E-state index < -0.39 is 6.10 Å². The lowest BCUT2D eigenvalue weighted by molar-refractivity contribution is 0.220. The number of benzene rings is 2. The van der Waals surface area contributed by atoms with Gasteiger partial charge in [-0.2, -0.15) is 0 Å². The third kappa shape index (κ3) is 2.86. The minimum absolute atomic E-state index is 0.583. The molecule has 0 radical (unpaired) electrons. The van der Waals surface area contributed by atoms with E-state index >= 15 is 0 Å². The monoisotopic (exact) mass is 326 g/mol. The summed E-state index contributed by atoms with van der Waals surface area (Å²) in [6.07, 6.45) is -0.693. The van der Waals surface area contributed by atoms with Crippen LogP contribution in [0.15, 0.2) is 46.9 Å². The Balaban J connectivity index is 2.28. The molecule has 4 heteroatoms. The quantitative estimate of drug-likeness (QED) is 0.916. The van der Waals surface area contributed by atoms with E-state index in [1.807, 2.05) is 36.4 Å². The Hall–Kier alpha value is -1.03. The Bertz CT molecular complexity index is 540. The number of aliphatic hydroxyl groups excluding tert-OH is 1. The molecule has 0 bridgehead atoms. The lowest BCUT2D eigenvalue weighted by Gasteiger charge is -2.12. The van der Waals surface area contributed by atoms with E-state index in [4.69, 9.17) is 16.3 Å². The maximum absolute atomic E-state index is 10.3. The summed E-state index contributed by atoms with van der Waals surface area (Å²) in [6, 6.07) is 12.7. The Morgan fingerprint density at radius 2 is 1.72 bits per heavy atom. The van der Waals surface area contributed by atoms with Gasteiger partial charge in [-0.25, -0.2) is 0 Å². The lowest BCUT2D eigenvalue weighted by atomic mass is 10.0. The summed E-state index contributed by atoms with van der Waals surface area (Å²) in [6.45, 7) is 0. The fourth-order valence-corrected chi connectivity index (χ4v) is 2.10. The van der Waals surface area contributed by atoms with Gasteiger partial charge in [0, 0.05) is 4.47 Å². The molecule has 2 aromatic carbocycles. The average Bonchev–Trinajstić information content (AvgIpc) is 2.41. The topological polar surface area (TPSA) is 29.5 Å². The van der Waals surface area contributed by atoms with Crippen molar-refractivity contribution in [2.75, 3.05) is 7.11 Å². The maximum atomic E-state index is 10.3. The van der Waals surface area contributed by atoms with Crippen molar-refractivity contribution >= 4 is 27.5 Å². The normalized spacial score (nSPS) is 12.2. The molecule has 0 aliphatic rings. The van der Waals surface area contributed by atoms with Crippen LogP contribution in [-0.2, 0) is 0 Å². The average molecular weight is 328 g/mol. The van der Waals surface area contributed by atoms with Crippen LogP contribution in [0.1, 0.15) is 17.2 Å². The SMILES string of the molecule is COc1ccc(C(O)c2ccc(Br)c(Cl)c2)cc1. The second-order valence-corrected chi connectivity index (χ2v) is 5.11. The summed E-state index contributed by atoms with van der Waals surface area (Å²) >= 11 is 9.34. The first kappa shape index (κ1) is 13.4. The number of hydrogen-bond acceptors (Lipinski definition) is 2. The summed E-state index contributed by atoms with van der Waals surface area (Å²) in [5.41, 5.74) is 1.56. The zero-order chi connectivity index (χ0) is 13.1. The van der Waals surface area contributed by atoms with Gasteiger partial charge < -0.3 is 9.84 Å². The standard InChI is InChI=1S/C14H12BrClO2/c1-18-11-5-2-9(3-6-11)14(17)10-4-7-12(15)13(16)8-10/h2-8,14,17H,1H3. The number of ether oxygens (including phenoxy) is 1. The van der Waals surface area contributed by atoms with E-state index in [1.165, 1.54) is 0 Å². The molecule has 2 aromatic rings. The molecule has 1 atom stereocenters. The van der Waals surface area contributed by atoms with E-state index in [-0.39, 0.29) is 0 Å². The fraction of sp³-hybridized carbons (Fsp3) is 0.143. The molecule has 0 saturated heterocycles. The number of methoxy groups -OCH3 is 1. The summed E-state index contributed by atoms with van der Waals surface area (Å²) in [4.78, 5) is 0. The van der Waals surface area contributed by atoms with Crippen LogP contribution < -0.4 is 4.74 Å². The molecule has 1 N–H and O–H groups in total. The first-order valence-electron chi connectivity index (χ1n) is 5.39. The van der Waals surface area contributed by atoms with Crippen molar-refractivity contribution in [1.29, 1.82) is 0 Å². The predicted molar refractivity (Wildman–Crippen MR) is 76.2 cm³/mol. The summed E-state index contributed by atoms with van der Waals surface area (Å²) in [5, 5.41) is 10.8. The van der Waals surface area contributed by atoms with Gasteiger partial charge in [0.05, 0.1) is 12.1 Å². The van der Waals surface area contributed by atoms with E-state index in [0.29, 0.717) is 5.02 Å². The van der Waals surface area contributed by atoms with Crippen molar-refractivity contribution in [3.05, 3.63) is 63.1 Å². The van der Waals surface area contributed by atoms with Gasteiger partial charge in [-0.3, -0.25) is 0 Å². The summed E-state index contributed by atoms with van der Waals surface area (Å²) in [7, 11) is 1.61. The van der Waals surface area contributed by atoms with E-state index in [9.17, 15) is 5.11 Å². The molecule has 0 spiro atoms. The van der Waals surface area contributed by atoms with Crippen LogP contribution in [-0.4, -0.2) is 12.2 Å². The molecule has 0 saturated carbocycles. The van der Waals surface area contributed by atoms with Crippen LogP contribution in [0.4, 0.5) is 0 Å². The van der Waals surface area contributed by atoms with Crippen LogP contribution >= 0.6 is 27.5 Å². The molecule has 0 aromatic heterocycles. The lowest BCUT2D eigenvalue weighted by Crippen LogP contribution is -1.99. The molecule has 1 unspecified atom stereocenters. The predicted octanol–water partition coefficient (Wildman–Crippen LogP) is 4.19. The first-order valence-corrected chi connectivity index (χ1v) is 6.56. The number of aliphatic hydroxyl groups is 1. The van der Waals surface area contributed by atoms with E-state index in [1.54, 1.807) is 13.2 Å². The van der Waals surface area contributed by atoms with E-state index in [2.05, 4.69) is 15.9 Å². The molecule has 2 nitrogen and oxygen atoms in total.